The van der Waals surface area contributed by atoms with E-state index in [1.807, 2.05) is 62.4 Å². The van der Waals surface area contributed by atoms with Crippen LogP contribution in [-0.4, -0.2) is 11.1 Å². The van der Waals surface area contributed by atoms with Gasteiger partial charge in [0.05, 0.1) is 0 Å². The van der Waals surface area contributed by atoms with Crippen LogP contribution in [-0.2, 0) is 4.79 Å². The molecule has 98 valence electrons. The van der Waals surface area contributed by atoms with Gasteiger partial charge in [-0.15, -0.1) is 0 Å². The van der Waals surface area contributed by atoms with Gasteiger partial charge in [0.15, 0.2) is 6.04 Å². The van der Waals surface area contributed by atoms with E-state index in [0.717, 1.165) is 22.4 Å². The van der Waals surface area contributed by atoms with Crippen molar-refractivity contribution in [2.24, 2.45) is 0 Å². The van der Waals surface area contributed by atoms with Crippen LogP contribution in [0.2, 0.25) is 0 Å². The van der Waals surface area contributed by atoms with Crippen LogP contribution in [0.5, 0.6) is 0 Å². The average Bonchev–Trinajstić information content (AvgIpc) is 2.40. The second-order valence-corrected chi connectivity index (χ2v) is 4.57. The molecule has 0 saturated heterocycles. The summed E-state index contributed by atoms with van der Waals surface area (Å²) in [7, 11) is 0. The third-order valence-electron chi connectivity index (χ3n) is 3.29. The lowest BCUT2D eigenvalue weighted by atomic mass is 9.97. The number of carboxylic acids is 1. The van der Waals surface area contributed by atoms with E-state index in [1.54, 1.807) is 0 Å². The lowest BCUT2D eigenvalue weighted by Gasteiger charge is -2.19. The number of rotatable bonds is 4. The van der Waals surface area contributed by atoms with Crippen LogP contribution >= 0.6 is 0 Å². The van der Waals surface area contributed by atoms with Crippen molar-refractivity contribution in [3.63, 3.8) is 0 Å². The third-order valence-corrected chi connectivity index (χ3v) is 3.29. The molecule has 2 N–H and O–H groups in total. The first-order valence-electron chi connectivity index (χ1n) is 6.20. The summed E-state index contributed by atoms with van der Waals surface area (Å²) in [6.07, 6.45) is 0. The molecule has 0 heterocycles. The number of para-hydroxylation sites is 1. The van der Waals surface area contributed by atoms with E-state index in [1.165, 1.54) is 0 Å². The van der Waals surface area contributed by atoms with Crippen LogP contribution in [0.25, 0.3) is 0 Å². The second kappa shape index (κ2) is 5.57. The molecular weight excluding hydrogens is 238 g/mol. The summed E-state index contributed by atoms with van der Waals surface area (Å²) in [6.45, 7) is 3.94. The van der Waals surface area contributed by atoms with Crippen molar-refractivity contribution >= 4 is 11.7 Å². The fraction of sp³-hybridized carbons (Fsp3) is 0.188. The predicted molar refractivity (Wildman–Crippen MR) is 76.4 cm³/mol. The zero-order valence-corrected chi connectivity index (χ0v) is 11.1. The molecule has 0 aliphatic carbocycles. The van der Waals surface area contributed by atoms with Crippen molar-refractivity contribution in [3.8, 4) is 0 Å². The molecular formula is C16H17NO2. The summed E-state index contributed by atoms with van der Waals surface area (Å²) in [6, 6.07) is 14.4. The van der Waals surface area contributed by atoms with Crippen LogP contribution in [0, 0.1) is 13.8 Å². The first-order valence-corrected chi connectivity index (χ1v) is 6.20. The van der Waals surface area contributed by atoms with Gasteiger partial charge in [-0.2, -0.15) is 0 Å². The lowest BCUT2D eigenvalue weighted by Crippen LogP contribution is -2.21. The van der Waals surface area contributed by atoms with E-state index in [-0.39, 0.29) is 0 Å². The number of benzene rings is 2. The summed E-state index contributed by atoms with van der Waals surface area (Å²) in [5.41, 5.74) is 3.71. The van der Waals surface area contributed by atoms with Crippen LogP contribution in [0.15, 0.2) is 48.5 Å². The number of carbonyl (C=O) groups is 1. The molecule has 0 saturated carbocycles. The number of aliphatic carboxylic acids is 1. The van der Waals surface area contributed by atoms with Crippen LogP contribution in [0.3, 0.4) is 0 Å². The molecule has 0 bridgehead atoms. The SMILES string of the molecule is Cc1cccc(C(Nc2ccccc2)C(=O)O)c1C. The number of carboxylic acid groups (broad SMARTS) is 1. The molecule has 0 fully saturated rings. The standard InChI is InChI=1S/C16H17NO2/c1-11-7-6-10-14(12(11)2)15(16(18)19)17-13-8-4-3-5-9-13/h3-10,15,17H,1-2H3,(H,18,19). The van der Waals surface area contributed by atoms with Crippen molar-refractivity contribution in [3.05, 3.63) is 65.2 Å². The monoisotopic (exact) mass is 255 g/mol. The van der Waals surface area contributed by atoms with Gasteiger partial charge < -0.3 is 10.4 Å². The molecule has 2 aromatic rings. The molecule has 19 heavy (non-hydrogen) atoms. The minimum atomic E-state index is -0.877. The normalized spacial score (nSPS) is 11.9. The molecule has 1 atom stereocenters. The van der Waals surface area contributed by atoms with Gasteiger partial charge in [0.25, 0.3) is 0 Å². The van der Waals surface area contributed by atoms with Gasteiger partial charge in [-0.1, -0.05) is 36.4 Å². The highest BCUT2D eigenvalue weighted by atomic mass is 16.4. The van der Waals surface area contributed by atoms with Gasteiger partial charge in [-0.3, -0.25) is 0 Å². The van der Waals surface area contributed by atoms with Gasteiger partial charge in [0.1, 0.15) is 0 Å². The molecule has 1 unspecified atom stereocenters. The summed E-state index contributed by atoms with van der Waals surface area (Å²) in [4.78, 5) is 11.5. The maximum Gasteiger partial charge on any atom is 0.330 e. The van der Waals surface area contributed by atoms with Crippen LogP contribution in [0.4, 0.5) is 5.69 Å². The molecule has 2 rings (SSSR count). The molecule has 0 spiro atoms. The smallest absolute Gasteiger partial charge is 0.330 e. The van der Waals surface area contributed by atoms with E-state index < -0.39 is 12.0 Å². The minimum absolute atomic E-state index is 0.734. The van der Waals surface area contributed by atoms with Crippen molar-refractivity contribution in [2.45, 2.75) is 19.9 Å². The Labute approximate surface area is 112 Å². The van der Waals surface area contributed by atoms with Crippen molar-refractivity contribution in [1.82, 2.24) is 0 Å². The number of aryl methyl sites for hydroxylation is 1. The molecule has 3 heteroatoms. The largest absolute Gasteiger partial charge is 0.479 e. The zero-order valence-electron chi connectivity index (χ0n) is 11.1. The Kier molecular flexibility index (Phi) is 3.85. The van der Waals surface area contributed by atoms with E-state index in [2.05, 4.69) is 5.32 Å². The molecule has 0 amide bonds. The second-order valence-electron chi connectivity index (χ2n) is 4.57. The summed E-state index contributed by atoms with van der Waals surface area (Å²) in [5, 5.41) is 12.5. The van der Waals surface area contributed by atoms with E-state index >= 15 is 0 Å². The maximum atomic E-state index is 11.5. The Morgan fingerprint density at radius 2 is 1.74 bits per heavy atom. The Hall–Kier alpha value is -2.29. The summed E-state index contributed by atoms with van der Waals surface area (Å²) < 4.78 is 0. The lowest BCUT2D eigenvalue weighted by molar-refractivity contribution is -0.138. The zero-order chi connectivity index (χ0) is 13.8. The first kappa shape index (κ1) is 13.1. The van der Waals surface area contributed by atoms with Gasteiger partial charge in [0, 0.05) is 5.69 Å². The Balaban J connectivity index is 2.36. The Morgan fingerprint density at radius 3 is 2.37 bits per heavy atom. The fourth-order valence-corrected chi connectivity index (χ4v) is 2.06. The van der Waals surface area contributed by atoms with E-state index in [4.69, 9.17) is 0 Å². The maximum absolute atomic E-state index is 11.5. The number of hydrogen-bond donors (Lipinski definition) is 2. The molecule has 2 aromatic carbocycles. The summed E-state index contributed by atoms with van der Waals surface area (Å²) >= 11 is 0. The van der Waals surface area contributed by atoms with E-state index in [9.17, 15) is 9.90 Å². The topological polar surface area (TPSA) is 49.3 Å². The van der Waals surface area contributed by atoms with Crippen molar-refractivity contribution < 1.29 is 9.90 Å². The van der Waals surface area contributed by atoms with Gasteiger partial charge in [0.2, 0.25) is 0 Å². The highest BCUT2D eigenvalue weighted by molar-refractivity contribution is 5.80. The Bertz CT molecular complexity index is 579. The number of anilines is 1. The van der Waals surface area contributed by atoms with Gasteiger partial charge in [-0.05, 0) is 42.7 Å². The molecule has 0 aliphatic heterocycles. The average molecular weight is 255 g/mol. The van der Waals surface area contributed by atoms with Crippen molar-refractivity contribution in [1.29, 1.82) is 0 Å². The van der Waals surface area contributed by atoms with E-state index in [0.29, 0.717) is 0 Å². The summed E-state index contributed by atoms with van der Waals surface area (Å²) in [5.74, 6) is -0.877. The molecule has 0 aliphatic rings. The quantitative estimate of drug-likeness (QED) is 0.878. The van der Waals surface area contributed by atoms with Gasteiger partial charge >= 0.3 is 5.97 Å². The van der Waals surface area contributed by atoms with Crippen LogP contribution in [0.1, 0.15) is 22.7 Å². The number of nitrogens with one attached hydrogen (secondary N) is 1. The molecule has 0 radical (unpaired) electrons. The predicted octanol–water partition coefficient (Wildman–Crippen LogP) is 3.54. The third kappa shape index (κ3) is 2.94. The van der Waals surface area contributed by atoms with Crippen molar-refractivity contribution in [2.75, 3.05) is 5.32 Å². The highest BCUT2D eigenvalue weighted by Gasteiger charge is 2.21. The number of hydrogen-bond acceptors (Lipinski definition) is 2. The fourth-order valence-electron chi connectivity index (χ4n) is 2.06. The van der Waals surface area contributed by atoms with Crippen LogP contribution < -0.4 is 5.32 Å². The highest BCUT2D eigenvalue weighted by Crippen LogP contribution is 2.24. The minimum Gasteiger partial charge on any atom is -0.479 e. The first-order chi connectivity index (χ1) is 9.09. The van der Waals surface area contributed by atoms with Gasteiger partial charge in [-0.25, -0.2) is 4.79 Å². The molecule has 3 nitrogen and oxygen atoms in total. The molecule has 0 aromatic heterocycles. The Morgan fingerprint density at radius 1 is 1.05 bits per heavy atom.